The molecule has 0 bridgehead atoms. The first kappa shape index (κ1) is 11.1. The van der Waals surface area contributed by atoms with Crippen LogP contribution in [0.5, 0.6) is 0 Å². The van der Waals surface area contributed by atoms with E-state index in [1.54, 1.807) is 11.8 Å². The molecule has 0 aliphatic carbocycles. The largest absolute Gasteiger partial charge is 0.477 e. The third kappa shape index (κ3) is 2.80. The predicted octanol–water partition coefficient (Wildman–Crippen LogP) is 1.86. The Morgan fingerprint density at radius 3 is 3.13 bits per heavy atom. The van der Waals surface area contributed by atoms with Gasteiger partial charge in [0.1, 0.15) is 6.61 Å². The minimum atomic E-state index is -0.0386. The zero-order chi connectivity index (χ0) is 10.8. The van der Waals surface area contributed by atoms with Crippen molar-refractivity contribution in [3.05, 3.63) is 22.9 Å². The van der Waals surface area contributed by atoms with E-state index in [9.17, 15) is 0 Å². The summed E-state index contributed by atoms with van der Waals surface area (Å²) in [6.07, 6.45) is 3.84. The summed E-state index contributed by atoms with van der Waals surface area (Å²) >= 11 is 12.5. The van der Waals surface area contributed by atoms with E-state index in [1.807, 2.05) is 19.3 Å². The lowest BCUT2D eigenvalue weighted by atomic mass is 10.4. The fourth-order valence-corrected chi connectivity index (χ4v) is 2.77. The summed E-state index contributed by atoms with van der Waals surface area (Å²) in [6.45, 7) is 1.41. The van der Waals surface area contributed by atoms with Gasteiger partial charge in [0, 0.05) is 30.8 Å². The van der Waals surface area contributed by atoms with E-state index in [0.29, 0.717) is 11.7 Å². The van der Waals surface area contributed by atoms with Crippen LogP contribution in [0.2, 0.25) is 0 Å². The van der Waals surface area contributed by atoms with E-state index in [4.69, 9.17) is 28.6 Å². The number of thiocarbonyl (C=S) groups is 1. The second-order valence-electron chi connectivity index (χ2n) is 3.31. The zero-order valence-corrected chi connectivity index (χ0v) is 10.6. The molecule has 82 valence electrons. The molecule has 0 aromatic heterocycles. The molecule has 1 N–H and O–H groups in total. The molecule has 1 atom stereocenters. The molecule has 1 unspecified atom stereocenters. The number of ether oxygens (including phenoxy) is 1. The summed E-state index contributed by atoms with van der Waals surface area (Å²) in [5.74, 6) is 0. The average molecular weight is 263 g/mol. The number of alkyl halides is 1. The highest BCUT2D eigenvalue weighted by Crippen LogP contribution is 2.29. The Hall–Kier alpha value is -0.390. The van der Waals surface area contributed by atoms with Crippen LogP contribution in [0.1, 0.15) is 0 Å². The van der Waals surface area contributed by atoms with E-state index in [0.717, 1.165) is 12.2 Å². The Kier molecular flexibility index (Phi) is 3.43. The van der Waals surface area contributed by atoms with Crippen LogP contribution in [0.15, 0.2) is 22.9 Å². The molecule has 0 fully saturated rings. The summed E-state index contributed by atoms with van der Waals surface area (Å²) in [7, 11) is 2.02. The minimum absolute atomic E-state index is 0.0386. The van der Waals surface area contributed by atoms with E-state index in [-0.39, 0.29) is 4.83 Å². The highest BCUT2D eigenvalue weighted by atomic mass is 35.5. The van der Waals surface area contributed by atoms with Crippen molar-refractivity contribution in [2.45, 2.75) is 4.83 Å². The van der Waals surface area contributed by atoms with Gasteiger partial charge in [0.15, 0.2) is 9.88 Å². The molecule has 0 aromatic rings. The lowest BCUT2D eigenvalue weighted by molar-refractivity contribution is 0.318. The molecule has 0 radical (unpaired) electrons. The van der Waals surface area contributed by atoms with Crippen LogP contribution < -0.4 is 5.32 Å². The predicted molar refractivity (Wildman–Crippen MR) is 67.7 cm³/mol. The van der Waals surface area contributed by atoms with Crippen molar-refractivity contribution in [1.82, 2.24) is 10.2 Å². The van der Waals surface area contributed by atoms with Gasteiger partial charge in [0.2, 0.25) is 0 Å². The summed E-state index contributed by atoms with van der Waals surface area (Å²) in [5, 5.41) is 3.61. The maximum absolute atomic E-state index is 5.89. The second kappa shape index (κ2) is 4.63. The number of nitrogens with zero attached hydrogens (tertiary/aromatic N) is 1. The van der Waals surface area contributed by atoms with Gasteiger partial charge in [-0.15, -0.1) is 0 Å². The zero-order valence-electron chi connectivity index (χ0n) is 8.20. The fraction of sp³-hybridized carbons (Fsp3) is 0.444. The molecule has 15 heavy (non-hydrogen) atoms. The number of hydrogen-bond acceptors (Lipinski definition) is 5. The first-order chi connectivity index (χ1) is 7.15. The summed E-state index contributed by atoms with van der Waals surface area (Å²) < 4.78 is 5.20. The Bertz CT molecular complexity index is 343. The molecule has 0 spiro atoms. The molecular formula is C9H11ClN2OS2. The number of halogens is 1. The van der Waals surface area contributed by atoms with Crippen LogP contribution in [-0.4, -0.2) is 35.0 Å². The van der Waals surface area contributed by atoms with Crippen LogP contribution in [0.3, 0.4) is 0 Å². The van der Waals surface area contributed by atoms with Gasteiger partial charge in [0.25, 0.3) is 0 Å². The van der Waals surface area contributed by atoms with Crippen molar-refractivity contribution < 1.29 is 4.74 Å². The molecule has 3 nitrogen and oxygen atoms in total. The van der Waals surface area contributed by atoms with Gasteiger partial charge in [-0.05, 0) is 12.2 Å². The monoisotopic (exact) mass is 262 g/mol. The average Bonchev–Trinajstić information content (AvgIpc) is 2.75. The molecule has 6 heteroatoms. The number of nitrogens with one attached hydrogen (secondary N) is 1. The third-order valence-electron chi connectivity index (χ3n) is 2.16. The summed E-state index contributed by atoms with van der Waals surface area (Å²) in [5.41, 5.74) is 1.11. The Labute approximate surface area is 103 Å². The third-order valence-corrected chi connectivity index (χ3v) is 3.68. The number of rotatable bonds is 3. The van der Waals surface area contributed by atoms with E-state index in [2.05, 4.69) is 10.2 Å². The van der Waals surface area contributed by atoms with Gasteiger partial charge in [-0.25, -0.2) is 0 Å². The molecule has 0 aromatic carbocycles. The number of likely N-dealkylation sites (N-methyl/N-ethyl adjacent to an activating group) is 1. The maximum Gasteiger partial charge on any atom is 0.186 e. The van der Waals surface area contributed by atoms with E-state index >= 15 is 0 Å². The molecule has 2 aliphatic heterocycles. The minimum Gasteiger partial charge on any atom is -0.477 e. The van der Waals surface area contributed by atoms with Crippen LogP contribution in [0.4, 0.5) is 0 Å². The molecule has 0 saturated heterocycles. The lowest BCUT2D eigenvalue weighted by Gasteiger charge is -2.19. The van der Waals surface area contributed by atoms with Gasteiger partial charge in [-0.2, -0.15) is 0 Å². The van der Waals surface area contributed by atoms with Crippen LogP contribution in [0.25, 0.3) is 0 Å². The quantitative estimate of drug-likeness (QED) is 0.476. The van der Waals surface area contributed by atoms with Gasteiger partial charge >= 0.3 is 0 Å². The van der Waals surface area contributed by atoms with Crippen molar-refractivity contribution in [3.8, 4) is 0 Å². The molecular weight excluding hydrogens is 252 g/mol. The number of hydrogen-bond donors (Lipinski definition) is 1. The van der Waals surface area contributed by atoms with Crippen molar-refractivity contribution in [2.24, 2.45) is 0 Å². The summed E-state index contributed by atoms with van der Waals surface area (Å²) in [4.78, 5) is 3.30. The van der Waals surface area contributed by atoms with Crippen molar-refractivity contribution in [2.75, 3.05) is 20.2 Å². The SMILES string of the molecule is CN(CC1=CNC(Cl)S1)C1=CC(=S)OC1. The molecule has 0 saturated carbocycles. The van der Waals surface area contributed by atoms with Gasteiger partial charge in [-0.1, -0.05) is 23.4 Å². The fourth-order valence-electron chi connectivity index (χ4n) is 1.36. The highest BCUT2D eigenvalue weighted by Gasteiger charge is 2.19. The van der Waals surface area contributed by atoms with E-state index in [1.165, 1.54) is 4.91 Å². The standard InChI is InChI=1S/C9H11ClN2OS2/c1-12(6-2-8(14)13-5-6)4-7-3-11-9(10)15-7/h2-3,9,11H,4-5H2,1H3. The molecule has 2 heterocycles. The van der Waals surface area contributed by atoms with Crippen LogP contribution in [0, 0.1) is 0 Å². The Morgan fingerprint density at radius 1 is 1.80 bits per heavy atom. The number of thioether (sulfide) groups is 1. The topological polar surface area (TPSA) is 24.5 Å². The Balaban J connectivity index is 1.90. The van der Waals surface area contributed by atoms with Crippen molar-refractivity contribution in [3.63, 3.8) is 0 Å². The van der Waals surface area contributed by atoms with E-state index < -0.39 is 0 Å². The molecule has 0 amide bonds. The second-order valence-corrected chi connectivity index (χ2v) is 5.64. The smallest absolute Gasteiger partial charge is 0.186 e. The normalized spacial score (nSPS) is 24.4. The van der Waals surface area contributed by atoms with Crippen LogP contribution in [-0.2, 0) is 4.74 Å². The highest BCUT2D eigenvalue weighted by molar-refractivity contribution is 8.05. The molecule has 2 rings (SSSR count). The maximum atomic E-state index is 5.89. The van der Waals surface area contributed by atoms with Crippen molar-refractivity contribution in [1.29, 1.82) is 0 Å². The van der Waals surface area contributed by atoms with Gasteiger partial charge in [-0.3, -0.25) is 0 Å². The summed E-state index contributed by atoms with van der Waals surface area (Å²) in [6, 6.07) is 0. The first-order valence-corrected chi connectivity index (χ1v) is 6.22. The van der Waals surface area contributed by atoms with Crippen molar-refractivity contribution >= 4 is 40.6 Å². The molecule has 2 aliphatic rings. The van der Waals surface area contributed by atoms with Gasteiger partial charge < -0.3 is 15.0 Å². The lowest BCUT2D eigenvalue weighted by Crippen LogP contribution is -2.20. The Morgan fingerprint density at radius 2 is 2.60 bits per heavy atom. The van der Waals surface area contributed by atoms with Crippen LogP contribution >= 0.6 is 35.6 Å². The first-order valence-electron chi connectivity index (χ1n) is 4.49. The van der Waals surface area contributed by atoms with Gasteiger partial charge in [0.05, 0.1) is 5.70 Å².